The van der Waals surface area contributed by atoms with Gasteiger partial charge in [0.1, 0.15) is 11.5 Å². The van der Waals surface area contributed by atoms with Crippen LogP contribution in [-0.2, 0) is 18.0 Å². The predicted molar refractivity (Wildman–Crippen MR) is 129 cm³/mol. The van der Waals surface area contributed by atoms with Crippen molar-refractivity contribution in [3.8, 4) is 11.5 Å². The third kappa shape index (κ3) is 5.65. The Balaban J connectivity index is 1.37. The molecule has 1 amide bonds. The van der Waals surface area contributed by atoms with Gasteiger partial charge < -0.3 is 24.0 Å². The van der Waals surface area contributed by atoms with Crippen LogP contribution in [0.2, 0.25) is 0 Å². The van der Waals surface area contributed by atoms with E-state index in [0.29, 0.717) is 31.9 Å². The zero-order valence-corrected chi connectivity index (χ0v) is 19.2. The van der Waals surface area contributed by atoms with Gasteiger partial charge in [0.05, 0.1) is 27.4 Å². The van der Waals surface area contributed by atoms with Crippen molar-refractivity contribution in [1.29, 1.82) is 0 Å². The lowest BCUT2D eigenvalue weighted by Crippen LogP contribution is -2.48. The lowest BCUT2D eigenvalue weighted by molar-refractivity contribution is 0.0745. The van der Waals surface area contributed by atoms with Gasteiger partial charge in [-0.15, -0.1) is 0 Å². The molecule has 6 nitrogen and oxygen atoms in total. The molecule has 0 aromatic heterocycles. The zero-order valence-electron chi connectivity index (χ0n) is 19.2. The first-order chi connectivity index (χ1) is 16.2. The number of piperazine rings is 1. The first-order valence-corrected chi connectivity index (χ1v) is 11.1. The van der Waals surface area contributed by atoms with Crippen LogP contribution >= 0.6 is 0 Å². The number of nitrogens with zero attached hydrogens (tertiary/aromatic N) is 2. The van der Waals surface area contributed by atoms with Gasteiger partial charge in [-0.05, 0) is 48.0 Å². The van der Waals surface area contributed by atoms with Crippen LogP contribution in [0.5, 0.6) is 11.5 Å². The topological polar surface area (TPSA) is 51.2 Å². The number of benzene rings is 3. The molecule has 0 atom stereocenters. The van der Waals surface area contributed by atoms with Gasteiger partial charge in [-0.1, -0.05) is 30.3 Å². The van der Waals surface area contributed by atoms with Gasteiger partial charge in [0, 0.05) is 43.0 Å². The van der Waals surface area contributed by atoms with E-state index < -0.39 is 0 Å². The number of methoxy groups -OCH3 is 2. The van der Waals surface area contributed by atoms with E-state index in [0.717, 1.165) is 41.4 Å². The highest BCUT2D eigenvalue weighted by Gasteiger charge is 2.23. The van der Waals surface area contributed by atoms with Crippen molar-refractivity contribution in [3.05, 3.63) is 89.5 Å². The summed E-state index contributed by atoms with van der Waals surface area (Å²) in [6, 6.07) is 23.6. The second kappa shape index (κ2) is 10.9. The monoisotopic (exact) mass is 446 g/mol. The molecule has 0 aliphatic carbocycles. The van der Waals surface area contributed by atoms with Crippen LogP contribution in [-0.4, -0.2) is 51.2 Å². The Morgan fingerprint density at radius 3 is 2.21 bits per heavy atom. The Kier molecular flexibility index (Phi) is 7.47. The van der Waals surface area contributed by atoms with Crippen molar-refractivity contribution in [2.75, 3.05) is 45.3 Å². The number of carbonyl (C=O) groups is 1. The summed E-state index contributed by atoms with van der Waals surface area (Å²) in [5, 5.41) is 0. The lowest BCUT2D eigenvalue weighted by atomic mass is 10.1. The fourth-order valence-electron chi connectivity index (χ4n) is 4.02. The molecule has 0 spiro atoms. The van der Waals surface area contributed by atoms with Crippen molar-refractivity contribution in [2.24, 2.45) is 0 Å². The van der Waals surface area contributed by atoms with E-state index >= 15 is 0 Å². The molecule has 1 heterocycles. The summed E-state index contributed by atoms with van der Waals surface area (Å²) in [6.07, 6.45) is 0. The van der Waals surface area contributed by atoms with Gasteiger partial charge in [-0.25, -0.2) is 0 Å². The van der Waals surface area contributed by atoms with Crippen molar-refractivity contribution in [1.82, 2.24) is 4.90 Å². The van der Waals surface area contributed by atoms with Gasteiger partial charge >= 0.3 is 0 Å². The molecule has 0 saturated carbocycles. The molecule has 1 aliphatic rings. The van der Waals surface area contributed by atoms with Crippen LogP contribution in [0.1, 0.15) is 21.5 Å². The summed E-state index contributed by atoms with van der Waals surface area (Å²) >= 11 is 0. The Hall–Kier alpha value is -3.51. The second-order valence-corrected chi connectivity index (χ2v) is 7.98. The average molecular weight is 447 g/mol. The molecule has 4 rings (SSSR count). The van der Waals surface area contributed by atoms with Crippen molar-refractivity contribution in [3.63, 3.8) is 0 Å². The zero-order chi connectivity index (χ0) is 23.0. The molecular weight excluding hydrogens is 416 g/mol. The van der Waals surface area contributed by atoms with Crippen molar-refractivity contribution < 1.29 is 19.0 Å². The highest BCUT2D eigenvalue weighted by Crippen LogP contribution is 2.24. The summed E-state index contributed by atoms with van der Waals surface area (Å²) in [5.41, 5.74) is 3.78. The van der Waals surface area contributed by atoms with Gasteiger partial charge in [-0.2, -0.15) is 0 Å². The minimum Gasteiger partial charge on any atom is -0.497 e. The standard InChI is InChI=1S/C27H30N2O4/c1-31-25-11-9-24(10-12-25)28-14-16-29(17-15-28)27(30)22-8-13-26(32-2)23(18-22)20-33-19-21-6-4-3-5-7-21/h3-13,18H,14-17,19-20H2,1-2H3. The Labute approximate surface area is 195 Å². The molecule has 1 fully saturated rings. The van der Waals surface area contributed by atoms with E-state index in [4.69, 9.17) is 14.2 Å². The van der Waals surface area contributed by atoms with Crippen molar-refractivity contribution >= 4 is 11.6 Å². The van der Waals surface area contributed by atoms with Gasteiger partial charge in [0.15, 0.2) is 0 Å². The minimum atomic E-state index is 0.0383. The Bertz CT molecular complexity index is 1050. The Morgan fingerprint density at radius 1 is 0.818 bits per heavy atom. The third-order valence-corrected chi connectivity index (χ3v) is 5.90. The summed E-state index contributed by atoms with van der Waals surface area (Å²) in [6.45, 7) is 3.83. The molecule has 0 bridgehead atoms. The normalized spacial score (nSPS) is 13.6. The molecule has 3 aromatic carbocycles. The highest BCUT2D eigenvalue weighted by molar-refractivity contribution is 5.94. The van der Waals surface area contributed by atoms with Crippen molar-refractivity contribution in [2.45, 2.75) is 13.2 Å². The number of anilines is 1. The van der Waals surface area contributed by atoms with Crippen LogP contribution in [0.15, 0.2) is 72.8 Å². The summed E-state index contributed by atoms with van der Waals surface area (Å²) in [4.78, 5) is 17.4. The minimum absolute atomic E-state index is 0.0383. The highest BCUT2D eigenvalue weighted by atomic mass is 16.5. The van der Waals surface area contributed by atoms with E-state index in [9.17, 15) is 4.79 Å². The van der Waals surface area contributed by atoms with Crippen LogP contribution < -0.4 is 14.4 Å². The molecule has 0 radical (unpaired) electrons. The van der Waals surface area contributed by atoms with Gasteiger partial charge in [0.2, 0.25) is 0 Å². The second-order valence-electron chi connectivity index (χ2n) is 7.98. The number of carbonyl (C=O) groups excluding carboxylic acids is 1. The van der Waals surface area contributed by atoms with Gasteiger partial charge in [0.25, 0.3) is 5.91 Å². The number of amides is 1. The van der Waals surface area contributed by atoms with Gasteiger partial charge in [-0.3, -0.25) is 4.79 Å². The maximum atomic E-state index is 13.2. The van der Waals surface area contributed by atoms with Crippen LogP contribution in [0, 0.1) is 0 Å². The fourth-order valence-corrected chi connectivity index (χ4v) is 4.02. The molecule has 0 unspecified atom stereocenters. The number of rotatable bonds is 8. The molecule has 1 aliphatic heterocycles. The van der Waals surface area contributed by atoms with E-state index in [1.807, 2.05) is 65.6 Å². The predicted octanol–water partition coefficient (Wildman–Crippen LogP) is 4.38. The van der Waals surface area contributed by atoms with Crippen LogP contribution in [0.3, 0.4) is 0 Å². The average Bonchev–Trinajstić information content (AvgIpc) is 2.89. The van der Waals surface area contributed by atoms with Crippen LogP contribution in [0.4, 0.5) is 5.69 Å². The molecule has 33 heavy (non-hydrogen) atoms. The lowest BCUT2D eigenvalue weighted by Gasteiger charge is -2.36. The largest absolute Gasteiger partial charge is 0.497 e. The Morgan fingerprint density at radius 2 is 1.55 bits per heavy atom. The van der Waals surface area contributed by atoms with E-state index in [-0.39, 0.29) is 5.91 Å². The molecule has 6 heteroatoms. The SMILES string of the molecule is COc1ccc(N2CCN(C(=O)c3ccc(OC)c(COCc4ccccc4)c3)CC2)cc1. The smallest absolute Gasteiger partial charge is 0.253 e. The quantitative estimate of drug-likeness (QED) is 0.514. The first kappa shape index (κ1) is 22.7. The van der Waals surface area contributed by atoms with E-state index in [1.54, 1.807) is 14.2 Å². The molecule has 0 N–H and O–H groups in total. The van der Waals surface area contributed by atoms with E-state index in [1.165, 1.54) is 0 Å². The van der Waals surface area contributed by atoms with E-state index in [2.05, 4.69) is 17.0 Å². The van der Waals surface area contributed by atoms with Crippen LogP contribution in [0.25, 0.3) is 0 Å². The molecule has 3 aromatic rings. The number of ether oxygens (including phenoxy) is 3. The summed E-state index contributed by atoms with van der Waals surface area (Å²) in [5.74, 6) is 1.61. The number of hydrogen-bond acceptors (Lipinski definition) is 5. The summed E-state index contributed by atoms with van der Waals surface area (Å²) in [7, 11) is 3.30. The maximum absolute atomic E-state index is 13.2. The summed E-state index contributed by atoms with van der Waals surface area (Å²) < 4.78 is 16.6. The fraction of sp³-hybridized carbons (Fsp3) is 0.296. The molecular formula is C27H30N2O4. The molecule has 172 valence electrons. The first-order valence-electron chi connectivity index (χ1n) is 11.1. The number of hydrogen-bond donors (Lipinski definition) is 0. The molecule has 1 saturated heterocycles. The third-order valence-electron chi connectivity index (χ3n) is 5.90. The maximum Gasteiger partial charge on any atom is 0.253 e.